The second kappa shape index (κ2) is 6.22. The first kappa shape index (κ1) is 17.0. The molecule has 17 heavy (non-hydrogen) atoms. The van der Waals surface area contributed by atoms with Crippen LogP contribution in [0.4, 0.5) is 0 Å². The minimum atomic E-state index is 0.366. The van der Waals surface area contributed by atoms with Gasteiger partial charge in [-0.3, -0.25) is 0 Å². The molecule has 1 heteroatoms. The summed E-state index contributed by atoms with van der Waals surface area (Å²) in [6.45, 7) is 15.3. The Balaban J connectivity index is 3.66. The van der Waals surface area contributed by atoms with Gasteiger partial charge in [0, 0.05) is 0 Å². The highest BCUT2D eigenvalue weighted by Gasteiger charge is 2.30. The van der Waals surface area contributed by atoms with Crippen LogP contribution >= 0.6 is 0 Å². The van der Waals surface area contributed by atoms with Gasteiger partial charge in [-0.1, -0.05) is 33.6 Å². The Morgan fingerprint density at radius 2 is 1.18 bits per heavy atom. The predicted molar refractivity (Wildman–Crippen MR) is 79.3 cm³/mol. The molecule has 0 atom stereocenters. The first-order chi connectivity index (χ1) is 7.46. The number of quaternary nitrogens is 1. The summed E-state index contributed by atoms with van der Waals surface area (Å²) >= 11 is 0. The standard InChI is InChI=1S/C16H36N/c1-15(2,3)13-11-9-10-12-14-17(7,8)16(4,5)6/h9-14H2,1-8H3/q+1. The number of nitrogens with zero attached hydrogens (tertiary/aromatic N) is 1. The quantitative estimate of drug-likeness (QED) is 0.461. The Kier molecular flexibility index (Phi) is 6.21. The maximum atomic E-state index is 2.36. The molecule has 0 aromatic carbocycles. The van der Waals surface area contributed by atoms with Crippen molar-refractivity contribution in [3.8, 4) is 0 Å². The zero-order chi connectivity index (χ0) is 13.7. The zero-order valence-corrected chi connectivity index (χ0v) is 13.7. The van der Waals surface area contributed by atoms with E-state index in [0.717, 1.165) is 4.48 Å². The minimum Gasteiger partial charge on any atom is -0.324 e. The lowest BCUT2D eigenvalue weighted by atomic mass is 9.89. The lowest BCUT2D eigenvalue weighted by molar-refractivity contribution is -0.935. The van der Waals surface area contributed by atoms with Crippen LogP contribution in [0.25, 0.3) is 0 Å². The van der Waals surface area contributed by atoms with Gasteiger partial charge in [0.25, 0.3) is 0 Å². The molecule has 0 rings (SSSR count). The van der Waals surface area contributed by atoms with Gasteiger partial charge in [0.15, 0.2) is 0 Å². The minimum absolute atomic E-state index is 0.366. The Morgan fingerprint density at radius 1 is 0.706 bits per heavy atom. The lowest BCUT2D eigenvalue weighted by Gasteiger charge is -2.42. The molecule has 0 aliphatic heterocycles. The van der Waals surface area contributed by atoms with Crippen molar-refractivity contribution < 1.29 is 4.48 Å². The van der Waals surface area contributed by atoms with Crippen LogP contribution in [0, 0.1) is 5.41 Å². The molecule has 0 aromatic rings. The van der Waals surface area contributed by atoms with E-state index in [9.17, 15) is 0 Å². The van der Waals surface area contributed by atoms with E-state index in [1.165, 1.54) is 38.6 Å². The fraction of sp³-hybridized carbons (Fsp3) is 1.00. The van der Waals surface area contributed by atoms with Crippen LogP contribution in [0.15, 0.2) is 0 Å². The normalized spacial score (nSPS) is 14.1. The van der Waals surface area contributed by atoms with Crippen LogP contribution in [0.5, 0.6) is 0 Å². The highest BCUT2D eigenvalue weighted by molar-refractivity contribution is 4.62. The second-order valence-corrected chi connectivity index (χ2v) is 8.30. The van der Waals surface area contributed by atoms with Crippen molar-refractivity contribution in [2.24, 2.45) is 5.41 Å². The van der Waals surface area contributed by atoms with E-state index < -0.39 is 0 Å². The molecule has 0 saturated carbocycles. The molecule has 104 valence electrons. The van der Waals surface area contributed by atoms with Gasteiger partial charge in [-0.05, 0) is 45.4 Å². The summed E-state index contributed by atoms with van der Waals surface area (Å²) in [6.07, 6.45) is 6.93. The number of unbranched alkanes of at least 4 members (excludes halogenated alkanes) is 3. The van der Waals surface area contributed by atoms with E-state index in [1.807, 2.05) is 0 Å². The topological polar surface area (TPSA) is 0 Å². The Hall–Kier alpha value is -0.0400. The SMILES string of the molecule is CC(C)(C)CCCCCC[N+](C)(C)C(C)(C)C. The predicted octanol–water partition coefficient (Wildman–Crippen LogP) is 4.86. The fourth-order valence-corrected chi connectivity index (χ4v) is 1.85. The van der Waals surface area contributed by atoms with Crippen molar-refractivity contribution in [3.63, 3.8) is 0 Å². The summed E-state index contributed by atoms with van der Waals surface area (Å²) in [5, 5.41) is 0. The molecule has 0 aliphatic rings. The van der Waals surface area contributed by atoms with Gasteiger partial charge in [0.1, 0.15) is 0 Å². The molecular formula is C16H36N+. The first-order valence-electron chi connectivity index (χ1n) is 7.29. The molecule has 0 amide bonds. The molecular weight excluding hydrogens is 206 g/mol. The van der Waals surface area contributed by atoms with Crippen molar-refractivity contribution in [2.75, 3.05) is 20.6 Å². The van der Waals surface area contributed by atoms with Gasteiger partial charge in [-0.2, -0.15) is 0 Å². The smallest absolute Gasteiger partial charge is 0.0903 e. The molecule has 0 aliphatic carbocycles. The third-order valence-electron chi connectivity index (χ3n) is 4.21. The number of hydrogen-bond donors (Lipinski definition) is 0. The summed E-state index contributed by atoms with van der Waals surface area (Å²) in [5.74, 6) is 0. The van der Waals surface area contributed by atoms with E-state index in [4.69, 9.17) is 0 Å². The van der Waals surface area contributed by atoms with Crippen LogP contribution in [-0.4, -0.2) is 30.7 Å². The van der Waals surface area contributed by atoms with Crippen molar-refractivity contribution >= 4 is 0 Å². The van der Waals surface area contributed by atoms with Crippen LogP contribution in [0.3, 0.4) is 0 Å². The highest BCUT2D eigenvalue weighted by Crippen LogP contribution is 2.23. The van der Waals surface area contributed by atoms with Crippen LogP contribution in [-0.2, 0) is 0 Å². The summed E-state index contributed by atoms with van der Waals surface area (Å²) in [6, 6.07) is 0. The summed E-state index contributed by atoms with van der Waals surface area (Å²) in [5.41, 5.74) is 0.881. The zero-order valence-electron chi connectivity index (χ0n) is 13.7. The molecule has 0 N–H and O–H groups in total. The van der Waals surface area contributed by atoms with Crippen molar-refractivity contribution in [3.05, 3.63) is 0 Å². The van der Waals surface area contributed by atoms with Crippen molar-refractivity contribution in [1.82, 2.24) is 0 Å². The van der Waals surface area contributed by atoms with E-state index >= 15 is 0 Å². The number of rotatable bonds is 6. The molecule has 0 unspecified atom stereocenters. The van der Waals surface area contributed by atoms with Gasteiger partial charge in [-0.15, -0.1) is 0 Å². The largest absolute Gasteiger partial charge is 0.324 e. The molecule has 0 aromatic heterocycles. The Morgan fingerprint density at radius 3 is 1.59 bits per heavy atom. The Labute approximate surface area is 110 Å². The first-order valence-corrected chi connectivity index (χ1v) is 7.29. The van der Waals surface area contributed by atoms with Crippen molar-refractivity contribution in [1.29, 1.82) is 0 Å². The second-order valence-electron chi connectivity index (χ2n) is 8.30. The van der Waals surface area contributed by atoms with Gasteiger partial charge in [0.2, 0.25) is 0 Å². The van der Waals surface area contributed by atoms with Crippen LogP contribution in [0.2, 0.25) is 0 Å². The molecule has 0 saturated heterocycles. The molecule has 0 bridgehead atoms. The van der Waals surface area contributed by atoms with E-state index in [1.54, 1.807) is 0 Å². The van der Waals surface area contributed by atoms with Gasteiger partial charge in [0.05, 0.1) is 26.2 Å². The van der Waals surface area contributed by atoms with Crippen LogP contribution < -0.4 is 0 Å². The monoisotopic (exact) mass is 242 g/mol. The van der Waals surface area contributed by atoms with E-state index in [0.29, 0.717) is 11.0 Å². The summed E-state index contributed by atoms with van der Waals surface area (Å²) in [4.78, 5) is 0. The lowest BCUT2D eigenvalue weighted by Crippen LogP contribution is -2.54. The number of hydrogen-bond acceptors (Lipinski definition) is 0. The van der Waals surface area contributed by atoms with Crippen molar-refractivity contribution in [2.45, 2.75) is 79.2 Å². The average molecular weight is 242 g/mol. The Bertz CT molecular complexity index is 203. The van der Waals surface area contributed by atoms with Crippen LogP contribution in [0.1, 0.15) is 73.6 Å². The molecule has 1 nitrogen and oxygen atoms in total. The average Bonchev–Trinajstić information content (AvgIpc) is 2.07. The molecule has 0 spiro atoms. The molecule has 0 radical (unpaired) electrons. The molecule has 0 fully saturated rings. The summed E-state index contributed by atoms with van der Waals surface area (Å²) in [7, 11) is 4.71. The third kappa shape index (κ3) is 7.81. The molecule has 0 heterocycles. The van der Waals surface area contributed by atoms with Gasteiger partial charge in [-0.25, -0.2) is 0 Å². The maximum absolute atomic E-state index is 2.36. The van der Waals surface area contributed by atoms with Gasteiger partial charge < -0.3 is 4.48 Å². The maximum Gasteiger partial charge on any atom is 0.0903 e. The van der Waals surface area contributed by atoms with E-state index in [-0.39, 0.29) is 0 Å². The van der Waals surface area contributed by atoms with E-state index in [2.05, 4.69) is 55.6 Å². The third-order valence-corrected chi connectivity index (χ3v) is 4.21. The fourth-order valence-electron chi connectivity index (χ4n) is 1.85. The van der Waals surface area contributed by atoms with Gasteiger partial charge >= 0.3 is 0 Å². The highest BCUT2D eigenvalue weighted by atomic mass is 15.4. The summed E-state index contributed by atoms with van der Waals surface area (Å²) < 4.78 is 1.13.